The highest BCUT2D eigenvalue weighted by atomic mass is 79.9. The Balaban J connectivity index is 2.06. The lowest BCUT2D eigenvalue weighted by Gasteiger charge is -2.32. The maximum atomic E-state index is 12.5. The number of fused-ring (bicyclic) bond motifs is 1. The number of aliphatic hydroxyl groups is 1. The predicted octanol–water partition coefficient (Wildman–Crippen LogP) is 1.54. The first kappa shape index (κ1) is 16.9. The average Bonchev–Trinajstić information content (AvgIpc) is 2.61. The molecule has 0 aliphatic carbocycles. The van der Waals surface area contributed by atoms with Gasteiger partial charge in [-0.2, -0.15) is 0 Å². The van der Waals surface area contributed by atoms with E-state index in [4.69, 9.17) is 9.15 Å². The van der Waals surface area contributed by atoms with Crippen molar-refractivity contribution >= 4 is 38.8 Å². The molecule has 0 saturated carbocycles. The zero-order chi connectivity index (χ0) is 17.3. The van der Waals surface area contributed by atoms with Crippen LogP contribution in [-0.2, 0) is 9.47 Å². The Kier molecular flexibility index (Phi) is 4.88. The van der Waals surface area contributed by atoms with E-state index in [1.54, 1.807) is 6.07 Å². The summed E-state index contributed by atoms with van der Waals surface area (Å²) in [4.78, 5) is 26.0. The first-order valence-corrected chi connectivity index (χ1v) is 8.16. The molecule has 1 aliphatic rings. The van der Waals surface area contributed by atoms with Gasteiger partial charge >= 0.3 is 5.97 Å². The second-order valence-corrected chi connectivity index (χ2v) is 6.25. The molecular formula is C16H16BrNO6. The molecular weight excluding hydrogens is 382 g/mol. The number of ether oxygens (including phenoxy) is 2. The fourth-order valence-corrected chi connectivity index (χ4v) is 3.17. The van der Waals surface area contributed by atoms with Gasteiger partial charge in [0.2, 0.25) is 0 Å². The summed E-state index contributed by atoms with van der Waals surface area (Å²) in [6.07, 6.45) is -0.315. The number of hydrogen-bond acceptors (Lipinski definition) is 7. The zero-order valence-electron chi connectivity index (χ0n) is 13.0. The van der Waals surface area contributed by atoms with Crippen LogP contribution in [0.4, 0.5) is 5.88 Å². The number of rotatable bonds is 3. The Morgan fingerprint density at radius 2 is 2.25 bits per heavy atom. The summed E-state index contributed by atoms with van der Waals surface area (Å²) in [5, 5.41) is 9.53. The van der Waals surface area contributed by atoms with Gasteiger partial charge in [-0.1, -0.05) is 0 Å². The summed E-state index contributed by atoms with van der Waals surface area (Å²) in [6, 6.07) is 4.39. The highest BCUT2D eigenvalue weighted by Gasteiger charge is 2.23. The third kappa shape index (κ3) is 3.17. The fraction of sp³-hybridized carbons (Fsp3) is 0.375. The lowest BCUT2D eigenvalue weighted by molar-refractivity contribution is 0.00256. The van der Waals surface area contributed by atoms with Crippen molar-refractivity contribution in [2.45, 2.75) is 6.10 Å². The van der Waals surface area contributed by atoms with Gasteiger partial charge in [-0.15, -0.1) is 0 Å². The first-order chi connectivity index (χ1) is 11.5. The van der Waals surface area contributed by atoms with Crippen LogP contribution in [0.15, 0.2) is 31.9 Å². The molecule has 1 atom stereocenters. The third-order valence-electron chi connectivity index (χ3n) is 3.85. The lowest BCUT2D eigenvalue weighted by Crippen LogP contribution is -2.44. The van der Waals surface area contributed by atoms with E-state index in [9.17, 15) is 14.7 Å². The van der Waals surface area contributed by atoms with Gasteiger partial charge in [0.1, 0.15) is 0 Å². The van der Waals surface area contributed by atoms with Crippen molar-refractivity contribution in [1.82, 2.24) is 0 Å². The number of halogens is 1. The first-order valence-electron chi connectivity index (χ1n) is 7.36. The number of benzene rings is 1. The van der Waals surface area contributed by atoms with Crippen molar-refractivity contribution in [3.05, 3.63) is 38.5 Å². The Hall–Kier alpha value is -1.90. The minimum absolute atomic E-state index is 0.0967. The largest absolute Gasteiger partial charge is 0.465 e. The van der Waals surface area contributed by atoms with E-state index in [0.29, 0.717) is 41.0 Å². The van der Waals surface area contributed by atoms with Crippen LogP contribution in [0.25, 0.3) is 11.0 Å². The molecule has 1 aromatic carbocycles. The van der Waals surface area contributed by atoms with Gasteiger partial charge in [0.15, 0.2) is 16.9 Å². The number of carbonyl (C=O) groups is 1. The Bertz CT molecular complexity index is 833. The molecule has 1 aliphatic heterocycles. The van der Waals surface area contributed by atoms with Crippen LogP contribution in [0.3, 0.4) is 0 Å². The average molecular weight is 398 g/mol. The number of aliphatic hydroxyl groups excluding tert-OH is 1. The molecule has 0 radical (unpaired) electrons. The van der Waals surface area contributed by atoms with E-state index < -0.39 is 5.97 Å². The summed E-state index contributed by atoms with van der Waals surface area (Å²) in [5.74, 6) is -0.124. The standard InChI is InChI=1S/C16H16BrNO6/c1-22-16(21)9-4-11-13(20)6-14(24-15(11)12(17)5-9)18-2-3-23-10(7-18)8-19/h4-6,10,19H,2-3,7-8H2,1H3/t10-/m0/s1. The van der Waals surface area contributed by atoms with Gasteiger partial charge in [0.25, 0.3) is 0 Å². The van der Waals surface area contributed by atoms with Crippen molar-refractivity contribution in [3.63, 3.8) is 0 Å². The Labute approximate surface area is 145 Å². The number of morpholine rings is 1. The number of methoxy groups -OCH3 is 1. The van der Waals surface area contributed by atoms with Crippen molar-refractivity contribution < 1.29 is 23.8 Å². The molecule has 0 bridgehead atoms. The molecule has 7 nitrogen and oxygen atoms in total. The number of carbonyl (C=O) groups excluding carboxylic acids is 1. The summed E-state index contributed by atoms with van der Waals surface area (Å²) in [5.41, 5.74) is 0.366. The maximum absolute atomic E-state index is 12.5. The number of nitrogens with zero attached hydrogens (tertiary/aromatic N) is 1. The van der Waals surface area contributed by atoms with E-state index >= 15 is 0 Å². The number of hydrogen-bond donors (Lipinski definition) is 1. The summed E-state index contributed by atoms with van der Waals surface area (Å²) < 4.78 is 16.4. The molecule has 1 aromatic heterocycles. The maximum Gasteiger partial charge on any atom is 0.337 e. The van der Waals surface area contributed by atoms with E-state index in [-0.39, 0.29) is 23.7 Å². The summed E-state index contributed by atoms with van der Waals surface area (Å²) in [6.45, 7) is 1.33. The normalized spacial score (nSPS) is 18.0. The van der Waals surface area contributed by atoms with E-state index in [1.807, 2.05) is 4.90 Å². The van der Waals surface area contributed by atoms with Crippen LogP contribution in [0.2, 0.25) is 0 Å². The zero-order valence-corrected chi connectivity index (χ0v) is 14.5. The van der Waals surface area contributed by atoms with Crippen LogP contribution in [0, 0.1) is 0 Å². The molecule has 24 heavy (non-hydrogen) atoms. The molecule has 1 saturated heterocycles. The van der Waals surface area contributed by atoms with Gasteiger partial charge in [-0.05, 0) is 28.1 Å². The van der Waals surface area contributed by atoms with Crippen LogP contribution in [0.5, 0.6) is 0 Å². The molecule has 0 spiro atoms. The van der Waals surface area contributed by atoms with E-state index in [1.165, 1.54) is 19.2 Å². The van der Waals surface area contributed by atoms with Gasteiger partial charge in [-0.3, -0.25) is 4.79 Å². The van der Waals surface area contributed by atoms with Gasteiger partial charge < -0.3 is 23.9 Å². The van der Waals surface area contributed by atoms with Gasteiger partial charge in [-0.25, -0.2) is 4.79 Å². The van der Waals surface area contributed by atoms with Crippen molar-refractivity contribution in [2.75, 3.05) is 38.3 Å². The molecule has 2 aromatic rings. The number of esters is 1. The van der Waals surface area contributed by atoms with Crippen LogP contribution in [-0.4, -0.2) is 50.6 Å². The third-order valence-corrected chi connectivity index (χ3v) is 4.43. The van der Waals surface area contributed by atoms with E-state index in [2.05, 4.69) is 20.7 Å². The molecule has 2 heterocycles. The summed E-state index contributed by atoms with van der Waals surface area (Å²) in [7, 11) is 1.28. The fourth-order valence-electron chi connectivity index (χ4n) is 2.63. The predicted molar refractivity (Wildman–Crippen MR) is 90.6 cm³/mol. The Morgan fingerprint density at radius 3 is 2.96 bits per heavy atom. The molecule has 0 unspecified atom stereocenters. The highest BCUT2D eigenvalue weighted by Crippen LogP contribution is 2.28. The van der Waals surface area contributed by atoms with E-state index in [0.717, 1.165) is 0 Å². The second-order valence-electron chi connectivity index (χ2n) is 5.40. The van der Waals surface area contributed by atoms with Crippen molar-refractivity contribution in [2.24, 2.45) is 0 Å². The quantitative estimate of drug-likeness (QED) is 0.785. The van der Waals surface area contributed by atoms with Crippen molar-refractivity contribution in [3.8, 4) is 0 Å². The second kappa shape index (κ2) is 6.92. The highest BCUT2D eigenvalue weighted by molar-refractivity contribution is 9.10. The molecule has 8 heteroatoms. The summed E-state index contributed by atoms with van der Waals surface area (Å²) >= 11 is 3.34. The van der Waals surface area contributed by atoms with Crippen molar-refractivity contribution in [1.29, 1.82) is 0 Å². The van der Waals surface area contributed by atoms with Crippen LogP contribution < -0.4 is 10.3 Å². The molecule has 3 rings (SSSR count). The molecule has 1 N–H and O–H groups in total. The Morgan fingerprint density at radius 1 is 1.46 bits per heavy atom. The SMILES string of the molecule is COC(=O)c1cc(Br)c2oc(N3CCO[C@H](CO)C3)cc(=O)c2c1. The van der Waals surface area contributed by atoms with Gasteiger partial charge in [0, 0.05) is 19.2 Å². The van der Waals surface area contributed by atoms with Crippen LogP contribution >= 0.6 is 15.9 Å². The monoisotopic (exact) mass is 397 g/mol. The minimum atomic E-state index is -0.528. The van der Waals surface area contributed by atoms with Crippen LogP contribution in [0.1, 0.15) is 10.4 Å². The van der Waals surface area contributed by atoms with Gasteiger partial charge in [0.05, 0.1) is 41.8 Å². The minimum Gasteiger partial charge on any atom is -0.465 e. The number of anilines is 1. The molecule has 1 fully saturated rings. The molecule has 128 valence electrons. The lowest BCUT2D eigenvalue weighted by atomic mass is 10.1. The topological polar surface area (TPSA) is 89.2 Å². The molecule has 0 amide bonds. The smallest absolute Gasteiger partial charge is 0.337 e.